The van der Waals surface area contributed by atoms with Gasteiger partial charge in [-0.3, -0.25) is 9.89 Å². The highest BCUT2D eigenvalue weighted by Crippen LogP contribution is 2.08. The quantitative estimate of drug-likeness (QED) is 0.795. The second-order valence-electron chi connectivity index (χ2n) is 4.57. The third-order valence-electron chi connectivity index (χ3n) is 2.99. The van der Waals surface area contributed by atoms with E-state index in [2.05, 4.69) is 25.4 Å². The molecule has 2 N–H and O–H groups in total. The van der Waals surface area contributed by atoms with Gasteiger partial charge in [0.05, 0.1) is 0 Å². The number of rotatable bonds is 4. The normalized spacial score (nSPS) is 18.9. The highest BCUT2D eigenvalue weighted by atomic mass is 16.2. The van der Waals surface area contributed by atoms with Crippen molar-refractivity contribution in [1.82, 2.24) is 25.4 Å². The van der Waals surface area contributed by atoms with E-state index in [0.29, 0.717) is 0 Å². The summed E-state index contributed by atoms with van der Waals surface area (Å²) in [5, 5.41) is 9.13. The van der Waals surface area contributed by atoms with Crippen LogP contribution in [0.2, 0.25) is 0 Å². The molecule has 2 heterocycles. The van der Waals surface area contributed by atoms with Gasteiger partial charge in [0.1, 0.15) is 6.33 Å². The Bertz CT molecular complexity index is 345. The number of hydrogen-bond acceptors (Lipinski definition) is 4. The second kappa shape index (κ2) is 5.77. The van der Waals surface area contributed by atoms with Crippen LogP contribution >= 0.6 is 0 Å². The first-order valence-corrected chi connectivity index (χ1v) is 6.14. The van der Waals surface area contributed by atoms with Crippen LogP contribution in [0.1, 0.15) is 36.8 Å². The predicted molar refractivity (Wildman–Crippen MR) is 63.6 cm³/mol. The summed E-state index contributed by atoms with van der Waals surface area (Å²) in [5.41, 5.74) is 0. The molecule has 0 radical (unpaired) electrons. The fraction of sp³-hybridized carbons (Fsp3) is 0.727. The van der Waals surface area contributed by atoms with Gasteiger partial charge in [-0.2, -0.15) is 5.10 Å². The van der Waals surface area contributed by atoms with Crippen molar-refractivity contribution in [2.45, 2.75) is 32.2 Å². The SMILES string of the molecule is CC(CN1CCCCC1)NC(=O)c1ncn[nH]1. The summed E-state index contributed by atoms with van der Waals surface area (Å²) < 4.78 is 0. The molecule has 1 fully saturated rings. The molecule has 0 aliphatic carbocycles. The summed E-state index contributed by atoms with van der Waals surface area (Å²) in [6, 6.07) is 0.130. The molecule has 1 unspecified atom stereocenters. The van der Waals surface area contributed by atoms with Crippen LogP contribution in [0.3, 0.4) is 0 Å². The highest BCUT2D eigenvalue weighted by Gasteiger charge is 2.16. The number of aromatic nitrogens is 3. The number of H-pyrrole nitrogens is 1. The average molecular weight is 237 g/mol. The van der Waals surface area contributed by atoms with Gasteiger partial charge in [0.25, 0.3) is 5.91 Å². The van der Waals surface area contributed by atoms with Crippen molar-refractivity contribution in [1.29, 1.82) is 0 Å². The van der Waals surface area contributed by atoms with Gasteiger partial charge >= 0.3 is 0 Å². The van der Waals surface area contributed by atoms with Gasteiger partial charge in [-0.15, -0.1) is 0 Å². The monoisotopic (exact) mass is 237 g/mol. The van der Waals surface area contributed by atoms with E-state index in [1.165, 1.54) is 25.6 Å². The van der Waals surface area contributed by atoms with Gasteiger partial charge in [-0.1, -0.05) is 6.42 Å². The van der Waals surface area contributed by atoms with E-state index in [-0.39, 0.29) is 17.8 Å². The van der Waals surface area contributed by atoms with Crippen LogP contribution in [0.5, 0.6) is 0 Å². The zero-order valence-corrected chi connectivity index (χ0v) is 10.1. The summed E-state index contributed by atoms with van der Waals surface area (Å²) in [6.45, 7) is 5.20. The number of aromatic amines is 1. The minimum atomic E-state index is -0.188. The van der Waals surface area contributed by atoms with Gasteiger partial charge in [0.2, 0.25) is 5.82 Å². The van der Waals surface area contributed by atoms with Crippen molar-refractivity contribution in [3.63, 3.8) is 0 Å². The lowest BCUT2D eigenvalue weighted by Gasteiger charge is -2.29. The molecule has 6 heteroatoms. The number of nitrogens with zero attached hydrogens (tertiary/aromatic N) is 3. The topological polar surface area (TPSA) is 73.9 Å². The summed E-state index contributed by atoms with van der Waals surface area (Å²) >= 11 is 0. The van der Waals surface area contributed by atoms with Gasteiger partial charge in [-0.25, -0.2) is 4.98 Å². The molecular weight excluding hydrogens is 218 g/mol. The van der Waals surface area contributed by atoms with Crippen LogP contribution in [0.4, 0.5) is 0 Å². The molecule has 0 aromatic carbocycles. The Labute approximate surface area is 101 Å². The minimum absolute atomic E-state index is 0.130. The first-order valence-electron chi connectivity index (χ1n) is 6.14. The van der Waals surface area contributed by atoms with E-state index in [9.17, 15) is 4.79 Å². The number of hydrogen-bond donors (Lipinski definition) is 2. The highest BCUT2D eigenvalue weighted by molar-refractivity contribution is 5.90. The van der Waals surface area contributed by atoms with Crippen LogP contribution in [-0.4, -0.2) is 51.7 Å². The Morgan fingerprint density at radius 3 is 2.94 bits per heavy atom. The Morgan fingerprint density at radius 1 is 1.53 bits per heavy atom. The molecule has 2 rings (SSSR count). The number of piperidine rings is 1. The lowest BCUT2D eigenvalue weighted by Crippen LogP contribution is -2.43. The van der Waals surface area contributed by atoms with Gasteiger partial charge < -0.3 is 10.2 Å². The molecule has 1 aromatic heterocycles. The summed E-state index contributed by atoms with van der Waals surface area (Å²) in [4.78, 5) is 17.9. The molecule has 0 saturated carbocycles. The van der Waals surface area contributed by atoms with Gasteiger partial charge in [0.15, 0.2) is 0 Å². The third kappa shape index (κ3) is 3.52. The maximum Gasteiger partial charge on any atom is 0.288 e. The van der Waals surface area contributed by atoms with Crippen LogP contribution in [0.15, 0.2) is 6.33 Å². The van der Waals surface area contributed by atoms with E-state index in [1.807, 2.05) is 6.92 Å². The predicted octanol–water partition coefficient (Wildman–Crippen LogP) is 0.409. The molecule has 1 atom stereocenters. The Balaban J connectivity index is 1.76. The zero-order valence-electron chi connectivity index (χ0n) is 10.1. The summed E-state index contributed by atoms with van der Waals surface area (Å²) in [5.74, 6) is 0.0857. The largest absolute Gasteiger partial charge is 0.346 e. The van der Waals surface area contributed by atoms with Crippen LogP contribution in [0.25, 0.3) is 0 Å². The van der Waals surface area contributed by atoms with Gasteiger partial charge in [-0.05, 0) is 32.9 Å². The second-order valence-corrected chi connectivity index (χ2v) is 4.57. The van der Waals surface area contributed by atoms with Crippen molar-refractivity contribution in [2.24, 2.45) is 0 Å². The molecule has 94 valence electrons. The first-order chi connectivity index (χ1) is 8.25. The third-order valence-corrected chi connectivity index (χ3v) is 2.99. The maximum atomic E-state index is 11.7. The van der Waals surface area contributed by atoms with Crippen molar-refractivity contribution in [3.8, 4) is 0 Å². The van der Waals surface area contributed by atoms with E-state index in [1.54, 1.807) is 0 Å². The van der Waals surface area contributed by atoms with E-state index in [4.69, 9.17) is 0 Å². The van der Waals surface area contributed by atoms with Crippen LogP contribution in [0, 0.1) is 0 Å². The molecular formula is C11H19N5O. The molecule has 1 aliphatic heterocycles. The van der Waals surface area contributed by atoms with Crippen molar-refractivity contribution in [2.75, 3.05) is 19.6 Å². The number of carbonyl (C=O) groups excluding carboxylic acids is 1. The molecule has 0 bridgehead atoms. The molecule has 0 spiro atoms. The fourth-order valence-electron chi connectivity index (χ4n) is 2.18. The maximum absolute atomic E-state index is 11.7. The van der Waals surface area contributed by atoms with Crippen molar-refractivity contribution in [3.05, 3.63) is 12.2 Å². The molecule has 1 aliphatic rings. The molecule has 1 saturated heterocycles. The Hall–Kier alpha value is -1.43. The smallest absolute Gasteiger partial charge is 0.288 e. The zero-order chi connectivity index (χ0) is 12.1. The molecule has 6 nitrogen and oxygen atoms in total. The van der Waals surface area contributed by atoms with Crippen molar-refractivity contribution < 1.29 is 4.79 Å². The Morgan fingerprint density at radius 2 is 2.29 bits per heavy atom. The molecule has 1 aromatic rings. The number of nitrogens with one attached hydrogen (secondary N) is 2. The summed E-state index contributed by atoms with van der Waals surface area (Å²) in [6.07, 6.45) is 5.20. The summed E-state index contributed by atoms with van der Waals surface area (Å²) in [7, 11) is 0. The van der Waals surface area contributed by atoms with Gasteiger partial charge in [0, 0.05) is 12.6 Å². The molecule has 1 amide bonds. The lowest BCUT2D eigenvalue weighted by atomic mass is 10.1. The van der Waals surface area contributed by atoms with E-state index in [0.717, 1.165) is 19.6 Å². The fourth-order valence-corrected chi connectivity index (χ4v) is 2.18. The Kier molecular flexibility index (Phi) is 4.08. The average Bonchev–Trinajstić information content (AvgIpc) is 2.83. The van der Waals surface area contributed by atoms with Crippen LogP contribution in [-0.2, 0) is 0 Å². The van der Waals surface area contributed by atoms with E-state index >= 15 is 0 Å². The van der Waals surface area contributed by atoms with E-state index < -0.39 is 0 Å². The number of likely N-dealkylation sites (tertiary alicyclic amines) is 1. The number of amides is 1. The lowest BCUT2D eigenvalue weighted by molar-refractivity contribution is 0.0915. The minimum Gasteiger partial charge on any atom is -0.346 e. The van der Waals surface area contributed by atoms with Crippen LogP contribution < -0.4 is 5.32 Å². The standard InChI is InChI=1S/C11H19N5O/c1-9(7-16-5-3-2-4-6-16)14-11(17)10-12-8-13-15-10/h8-9H,2-7H2,1H3,(H,14,17)(H,12,13,15). The first kappa shape index (κ1) is 12.0. The number of carbonyl (C=O) groups is 1. The van der Waals surface area contributed by atoms with Crippen molar-refractivity contribution >= 4 is 5.91 Å². The molecule has 17 heavy (non-hydrogen) atoms.